The van der Waals surface area contributed by atoms with Crippen LogP contribution < -0.4 is 0 Å². The molecule has 0 atom stereocenters. The molecule has 0 saturated heterocycles. The van der Waals surface area contributed by atoms with Crippen LogP contribution in [0.2, 0.25) is 0 Å². The van der Waals surface area contributed by atoms with Crippen molar-refractivity contribution in [3.63, 3.8) is 0 Å². The lowest BCUT2D eigenvalue weighted by molar-refractivity contribution is 0.253. The first-order valence-electron chi connectivity index (χ1n) is 6.34. The fraction of sp³-hybridized carbons (Fsp3) is 0.500. The van der Waals surface area contributed by atoms with E-state index in [0.717, 1.165) is 31.4 Å². The van der Waals surface area contributed by atoms with Crippen molar-refractivity contribution in [2.45, 2.75) is 37.9 Å². The summed E-state index contributed by atoms with van der Waals surface area (Å²) in [6.45, 7) is 0. The molecule has 0 heterocycles. The van der Waals surface area contributed by atoms with Gasteiger partial charge in [0.05, 0.1) is 10.7 Å². The van der Waals surface area contributed by atoms with Crippen LogP contribution in [0.5, 0.6) is 0 Å². The summed E-state index contributed by atoms with van der Waals surface area (Å²) in [7, 11) is 0. The summed E-state index contributed by atoms with van der Waals surface area (Å²) in [5, 5.41) is 0.607. The molecule has 18 heavy (non-hydrogen) atoms. The van der Waals surface area contributed by atoms with E-state index in [1.165, 1.54) is 6.42 Å². The second-order valence-electron chi connectivity index (χ2n) is 4.50. The van der Waals surface area contributed by atoms with Gasteiger partial charge in [-0.25, -0.2) is 4.99 Å². The number of thioether (sulfide) groups is 1. The summed E-state index contributed by atoms with van der Waals surface area (Å²) < 4.78 is 25.2. The highest BCUT2D eigenvalue weighted by molar-refractivity contribution is 8.14. The lowest BCUT2D eigenvalue weighted by Crippen LogP contribution is -2.16. The minimum Gasteiger partial charge on any atom is -0.246 e. The molecule has 1 aromatic rings. The SMILES string of the molecule is FC(F)SC(=Nc1ccccc1)C1CCCCC1. The van der Waals surface area contributed by atoms with Crippen LogP contribution in [0.25, 0.3) is 0 Å². The molecule has 1 saturated carbocycles. The summed E-state index contributed by atoms with van der Waals surface area (Å²) in [5.74, 6) is -2.16. The van der Waals surface area contributed by atoms with Crippen LogP contribution in [-0.4, -0.2) is 10.8 Å². The van der Waals surface area contributed by atoms with E-state index in [9.17, 15) is 8.78 Å². The number of aliphatic imine (C=N–C) groups is 1. The second kappa shape index (κ2) is 6.88. The summed E-state index contributed by atoms with van der Waals surface area (Å²) in [6, 6.07) is 9.37. The van der Waals surface area contributed by atoms with Gasteiger partial charge in [0.1, 0.15) is 0 Å². The molecule has 0 amide bonds. The molecule has 0 radical (unpaired) electrons. The second-order valence-corrected chi connectivity index (χ2v) is 5.51. The third-order valence-corrected chi connectivity index (χ3v) is 4.00. The van der Waals surface area contributed by atoms with E-state index in [-0.39, 0.29) is 5.92 Å². The van der Waals surface area contributed by atoms with Crippen molar-refractivity contribution in [2.75, 3.05) is 0 Å². The fourth-order valence-corrected chi connectivity index (χ4v) is 3.05. The molecule has 1 aliphatic rings. The first kappa shape index (κ1) is 13.5. The van der Waals surface area contributed by atoms with E-state index in [4.69, 9.17) is 0 Å². The quantitative estimate of drug-likeness (QED) is 0.539. The largest absolute Gasteiger partial charge is 0.290 e. The standard InChI is InChI=1S/C14H17F2NS/c15-14(16)18-13(11-7-3-1-4-8-11)17-12-9-5-2-6-10-12/h2,5-6,9-11,14H,1,3-4,7-8H2. The number of nitrogens with zero attached hydrogens (tertiary/aromatic N) is 1. The Morgan fingerprint density at radius 3 is 2.39 bits per heavy atom. The van der Waals surface area contributed by atoms with Gasteiger partial charge in [-0.3, -0.25) is 0 Å². The van der Waals surface area contributed by atoms with Gasteiger partial charge < -0.3 is 0 Å². The molecule has 1 aromatic carbocycles. The van der Waals surface area contributed by atoms with Gasteiger partial charge >= 0.3 is 0 Å². The molecule has 0 bridgehead atoms. The molecule has 1 fully saturated rings. The molecule has 0 spiro atoms. The van der Waals surface area contributed by atoms with Crippen LogP contribution in [0.3, 0.4) is 0 Å². The molecule has 1 nitrogen and oxygen atoms in total. The van der Waals surface area contributed by atoms with Gasteiger partial charge in [-0.2, -0.15) is 8.78 Å². The van der Waals surface area contributed by atoms with Crippen LogP contribution in [0.4, 0.5) is 14.5 Å². The number of halogens is 2. The van der Waals surface area contributed by atoms with E-state index < -0.39 is 5.76 Å². The highest BCUT2D eigenvalue weighted by Gasteiger charge is 2.22. The Morgan fingerprint density at radius 1 is 1.11 bits per heavy atom. The molecule has 98 valence electrons. The predicted octanol–water partition coefficient (Wildman–Crippen LogP) is 5.25. The maximum atomic E-state index is 12.6. The minimum absolute atomic E-state index is 0.220. The van der Waals surface area contributed by atoms with Gasteiger partial charge in [0, 0.05) is 5.92 Å². The third-order valence-electron chi connectivity index (χ3n) is 3.16. The zero-order valence-electron chi connectivity index (χ0n) is 10.2. The highest BCUT2D eigenvalue weighted by Crippen LogP contribution is 2.33. The Kier molecular flexibility index (Phi) is 5.17. The molecule has 0 aromatic heterocycles. The minimum atomic E-state index is -2.38. The van der Waals surface area contributed by atoms with Crippen LogP contribution in [0, 0.1) is 5.92 Å². The molecular formula is C14H17F2NS. The first-order valence-corrected chi connectivity index (χ1v) is 7.22. The van der Waals surface area contributed by atoms with Gasteiger partial charge in [0.25, 0.3) is 5.76 Å². The molecule has 0 unspecified atom stereocenters. The zero-order chi connectivity index (χ0) is 12.8. The van der Waals surface area contributed by atoms with Crippen molar-refractivity contribution in [1.29, 1.82) is 0 Å². The maximum absolute atomic E-state index is 12.6. The van der Waals surface area contributed by atoms with E-state index in [1.54, 1.807) is 0 Å². The zero-order valence-corrected chi connectivity index (χ0v) is 11.0. The summed E-state index contributed by atoms with van der Waals surface area (Å²) in [6.07, 6.45) is 5.45. The van der Waals surface area contributed by atoms with Gasteiger partial charge in [-0.1, -0.05) is 37.5 Å². The predicted molar refractivity (Wildman–Crippen MR) is 73.7 cm³/mol. The topological polar surface area (TPSA) is 12.4 Å². The van der Waals surface area contributed by atoms with E-state index in [2.05, 4.69) is 4.99 Å². The summed E-state index contributed by atoms with van der Waals surface area (Å²) in [4.78, 5) is 4.42. The Bertz CT molecular complexity index is 386. The third kappa shape index (κ3) is 4.09. The summed E-state index contributed by atoms with van der Waals surface area (Å²) in [5.41, 5.74) is 0.770. The first-order chi connectivity index (χ1) is 8.75. The fourth-order valence-electron chi connectivity index (χ4n) is 2.28. The van der Waals surface area contributed by atoms with Crippen molar-refractivity contribution in [2.24, 2.45) is 10.9 Å². The average Bonchev–Trinajstić information content (AvgIpc) is 2.40. The van der Waals surface area contributed by atoms with Gasteiger partial charge in [-0.15, -0.1) is 0 Å². The van der Waals surface area contributed by atoms with Crippen molar-refractivity contribution >= 4 is 22.5 Å². The number of benzene rings is 1. The van der Waals surface area contributed by atoms with E-state index in [0.29, 0.717) is 16.8 Å². The van der Waals surface area contributed by atoms with E-state index in [1.807, 2.05) is 30.3 Å². The van der Waals surface area contributed by atoms with Crippen LogP contribution >= 0.6 is 11.8 Å². The molecule has 2 rings (SSSR count). The van der Waals surface area contributed by atoms with Crippen LogP contribution in [0.15, 0.2) is 35.3 Å². The monoisotopic (exact) mass is 269 g/mol. The van der Waals surface area contributed by atoms with Crippen LogP contribution in [-0.2, 0) is 0 Å². The lowest BCUT2D eigenvalue weighted by Gasteiger charge is -2.22. The Labute approximate surface area is 111 Å². The Hall–Kier alpha value is -0.900. The van der Waals surface area contributed by atoms with Crippen molar-refractivity contribution < 1.29 is 8.78 Å². The van der Waals surface area contributed by atoms with E-state index >= 15 is 0 Å². The number of alkyl halides is 2. The van der Waals surface area contributed by atoms with Gasteiger partial charge in [0.15, 0.2) is 0 Å². The van der Waals surface area contributed by atoms with Crippen molar-refractivity contribution in [3.05, 3.63) is 30.3 Å². The maximum Gasteiger partial charge on any atom is 0.290 e. The molecule has 0 aliphatic heterocycles. The summed E-state index contributed by atoms with van der Waals surface area (Å²) >= 11 is 0.618. The molecule has 0 N–H and O–H groups in total. The number of hydrogen-bond donors (Lipinski definition) is 0. The molecular weight excluding hydrogens is 252 g/mol. The number of rotatable bonds is 3. The van der Waals surface area contributed by atoms with Gasteiger partial charge in [0.2, 0.25) is 0 Å². The van der Waals surface area contributed by atoms with Gasteiger partial charge in [-0.05, 0) is 36.7 Å². The van der Waals surface area contributed by atoms with Crippen molar-refractivity contribution in [1.82, 2.24) is 0 Å². The molecule has 1 aliphatic carbocycles. The number of para-hydroxylation sites is 1. The Balaban J connectivity index is 2.15. The molecule has 4 heteroatoms. The van der Waals surface area contributed by atoms with Crippen LogP contribution in [0.1, 0.15) is 32.1 Å². The Morgan fingerprint density at radius 2 is 1.78 bits per heavy atom. The number of hydrogen-bond acceptors (Lipinski definition) is 2. The van der Waals surface area contributed by atoms with Crippen molar-refractivity contribution in [3.8, 4) is 0 Å². The smallest absolute Gasteiger partial charge is 0.246 e. The lowest BCUT2D eigenvalue weighted by atomic mass is 9.90. The average molecular weight is 269 g/mol. The normalized spacial score (nSPS) is 18.3. The highest BCUT2D eigenvalue weighted by atomic mass is 32.2.